The summed E-state index contributed by atoms with van der Waals surface area (Å²) in [6.07, 6.45) is 7.98. The monoisotopic (exact) mass is 307 g/mol. The Bertz CT molecular complexity index is 358. The third-order valence-corrected chi connectivity index (χ3v) is 4.74. The second-order valence-corrected chi connectivity index (χ2v) is 7.94. The van der Waals surface area contributed by atoms with Gasteiger partial charge in [-0.25, -0.2) is 0 Å². The number of anilines is 1. The molecule has 0 aliphatic heterocycles. The molecule has 0 heterocycles. The van der Waals surface area contributed by atoms with Crippen molar-refractivity contribution in [3.63, 3.8) is 0 Å². The van der Waals surface area contributed by atoms with E-state index in [1.165, 1.54) is 49.1 Å². The second-order valence-electron chi connectivity index (χ2n) is 6.42. The van der Waals surface area contributed by atoms with Crippen LogP contribution < -0.4 is 5.32 Å². The molecule has 1 N–H and O–H groups in total. The van der Waals surface area contributed by atoms with Gasteiger partial charge >= 0.3 is 0 Å². The van der Waals surface area contributed by atoms with Crippen LogP contribution in [0.15, 0.2) is 29.2 Å². The molecule has 21 heavy (non-hydrogen) atoms. The fourth-order valence-corrected chi connectivity index (χ4v) is 3.80. The number of thioether (sulfide) groups is 1. The van der Waals surface area contributed by atoms with Crippen LogP contribution >= 0.6 is 11.8 Å². The summed E-state index contributed by atoms with van der Waals surface area (Å²) in [5, 5.41) is 4.22. The summed E-state index contributed by atoms with van der Waals surface area (Å²) in [4.78, 5) is 1.39. The molecule has 0 fully saturated rings. The summed E-state index contributed by atoms with van der Waals surface area (Å²) in [6, 6.07) is 8.94. The summed E-state index contributed by atoms with van der Waals surface area (Å²) in [7, 11) is 0. The number of rotatable bonds is 11. The van der Waals surface area contributed by atoms with Gasteiger partial charge in [0.1, 0.15) is 0 Å². The number of hydrogen-bond acceptors (Lipinski definition) is 2. The smallest absolute Gasteiger partial charge is 0.0340 e. The molecular weight excluding hydrogens is 274 g/mol. The lowest BCUT2D eigenvalue weighted by molar-refractivity contribution is 0.585. The number of nitrogens with one attached hydrogen (secondary N) is 1. The van der Waals surface area contributed by atoms with Crippen LogP contribution in [0.5, 0.6) is 0 Å². The minimum Gasteiger partial charge on any atom is -0.385 e. The van der Waals surface area contributed by atoms with Gasteiger partial charge in [0.15, 0.2) is 0 Å². The molecule has 0 saturated heterocycles. The van der Waals surface area contributed by atoms with Crippen LogP contribution in [-0.4, -0.2) is 11.8 Å². The number of benzene rings is 1. The van der Waals surface area contributed by atoms with Crippen LogP contribution in [0.4, 0.5) is 5.69 Å². The topological polar surface area (TPSA) is 12.0 Å². The minimum absolute atomic E-state index is 0.697. The molecule has 0 aliphatic carbocycles. The highest BCUT2D eigenvalue weighted by atomic mass is 32.2. The molecule has 0 bridgehead atoms. The van der Waals surface area contributed by atoms with E-state index in [2.05, 4.69) is 57.3 Å². The zero-order valence-electron chi connectivity index (χ0n) is 14.3. The van der Waals surface area contributed by atoms with Crippen LogP contribution in [0, 0.1) is 5.92 Å². The van der Waals surface area contributed by atoms with E-state index in [1.54, 1.807) is 0 Å². The second kappa shape index (κ2) is 11.0. The lowest BCUT2D eigenvalue weighted by Gasteiger charge is -2.14. The van der Waals surface area contributed by atoms with Gasteiger partial charge in [-0.15, -0.1) is 11.8 Å². The lowest BCUT2D eigenvalue weighted by atomic mass is 10.1. The predicted octanol–water partition coefficient (Wildman–Crippen LogP) is 6.60. The van der Waals surface area contributed by atoms with E-state index >= 15 is 0 Å². The highest BCUT2D eigenvalue weighted by Gasteiger charge is 2.06. The van der Waals surface area contributed by atoms with Gasteiger partial charge in [-0.1, -0.05) is 53.4 Å². The van der Waals surface area contributed by atoms with Crippen LogP contribution in [-0.2, 0) is 0 Å². The molecule has 0 unspecified atom stereocenters. The first-order chi connectivity index (χ1) is 10.1. The van der Waals surface area contributed by atoms with Gasteiger partial charge in [0.05, 0.1) is 0 Å². The Kier molecular flexibility index (Phi) is 9.65. The first kappa shape index (κ1) is 18.4. The SMILES string of the molecule is CCCCCCCNc1ccc(S[C@@H](C)CC(C)C)cc1. The van der Waals surface area contributed by atoms with Gasteiger partial charge in [-0.3, -0.25) is 0 Å². The van der Waals surface area contributed by atoms with Crippen LogP contribution in [0.1, 0.15) is 66.2 Å². The maximum Gasteiger partial charge on any atom is 0.0340 e. The van der Waals surface area contributed by atoms with E-state index in [9.17, 15) is 0 Å². The average Bonchev–Trinajstić information content (AvgIpc) is 2.43. The van der Waals surface area contributed by atoms with Crippen molar-refractivity contribution in [3.8, 4) is 0 Å². The molecule has 1 nitrogen and oxygen atoms in total. The molecular formula is C19H33NS. The molecule has 1 rings (SSSR count). The molecule has 1 aromatic rings. The highest BCUT2D eigenvalue weighted by molar-refractivity contribution is 7.99. The Morgan fingerprint density at radius 1 is 0.952 bits per heavy atom. The van der Waals surface area contributed by atoms with Crippen molar-refractivity contribution < 1.29 is 0 Å². The zero-order chi connectivity index (χ0) is 15.5. The maximum absolute atomic E-state index is 3.53. The standard InChI is InChI=1S/C19H33NS/c1-5-6-7-8-9-14-20-18-10-12-19(13-11-18)21-17(4)15-16(2)3/h10-13,16-17,20H,5-9,14-15H2,1-4H3/t17-/m0/s1. The Labute approximate surface area is 136 Å². The van der Waals surface area contributed by atoms with E-state index in [0.717, 1.165) is 12.5 Å². The quantitative estimate of drug-likeness (QED) is 0.365. The first-order valence-corrected chi connectivity index (χ1v) is 9.50. The summed E-state index contributed by atoms with van der Waals surface area (Å²) in [5.41, 5.74) is 1.26. The molecule has 1 atom stereocenters. The van der Waals surface area contributed by atoms with Crippen molar-refractivity contribution in [1.82, 2.24) is 0 Å². The first-order valence-electron chi connectivity index (χ1n) is 8.62. The van der Waals surface area contributed by atoms with Crippen LogP contribution in [0.2, 0.25) is 0 Å². The Morgan fingerprint density at radius 3 is 2.24 bits per heavy atom. The minimum atomic E-state index is 0.697. The fraction of sp³-hybridized carbons (Fsp3) is 0.684. The van der Waals surface area contributed by atoms with Gasteiger partial charge in [0.25, 0.3) is 0 Å². The Balaban J connectivity index is 2.24. The van der Waals surface area contributed by atoms with Crippen molar-refractivity contribution in [2.75, 3.05) is 11.9 Å². The summed E-state index contributed by atoms with van der Waals surface area (Å²) >= 11 is 1.99. The van der Waals surface area contributed by atoms with E-state index in [4.69, 9.17) is 0 Å². The number of unbranched alkanes of at least 4 members (excludes halogenated alkanes) is 4. The van der Waals surface area contributed by atoms with Crippen molar-refractivity contribution in [2.24, 2.45) is 5.92 Å². The molecule has 0 spiro atoms. The third-order valence-electron chi connectivity index (χ3n) is 3.60. The highest BCUT2D eigenvalue weighted by Crippen LogP contribution is 2.28. The zero-order valence-corrected chi connectivity index (χ0v) is 15.1. The Hall–Kier alpha value is -0.630. The molecule has 2 heteroatoms. The van der Waals surface area contributed by atoms with Crippen LogP contribution in [0.25, 0.3) is 0 Å². The lowest BCUT2D eigenvalue weighted by Crippen LogP contribution is -2.02. The van der Waals surface area contributed by atoms with Crippen molar-refractivity contribution >= 4 is 17.4 Å². The van der Waals surface area contributed by atoms with E-state index in [1.807, 2.05) is 11.8 Å². The van der Waals surface area contributed by atoms with Crippen molar-refractivity contribution in [1.29, 1.82) is 0 Å². The van der Waals surface area contributed by atoms with Gasteiger partial charge in [-0.2, -0.15) is 0 Å². The Morgan fingerprint density at radius 2 is 1.62 bits per heavy atom. The predicted molar refractivity (Wildman–Crippen MR) is 98.5 cm³/mol. The molecule has 1 aromatic carbocycles. The number of hydrogen-bond donors (Lipinski definition) is 1. The fourth-order valence-electron chi connectivity index (χ4n) is 2.56. The van der Waals surface area contributed by atoms with E-state index in [0.29, 0.717) is 5.25 Å². The van der Waals surface area contributed by atoms with Crippen molar-refractivity contribution in [2.45, 2.75) is 76.4 Å². The molecule has 0 aromatic heterocycles. The van der Waals surface area contributed by atoms with Gasteiger partial charge < -0.3 is 5.32 Å². The molecule has 0 radical (unpaired) electrons. The molecule has 0 aliphatic rings. The summed E-state index contributed by atoms with van der Waals surface area (Å²) < 4.78 is 0. The third kappa shape index (κ3) is 9.08. The molecule has 120 valence electrons. The summed E-state index contributed by atoms with van der Waals surface area (Å²) in [6.45, 7) is 10.3. The average molecular weight is 308 g/mol. The largest absolute Gasteiger partial charge is 0.385 e. The maximum atomic E-state index is 3.53. The van der Waals surface area contributed by atoms with E-state index < -0.39 is 0 Å². The van der Waals surface area contributed by atoms with Gasteiger partial charge in [0.2, 0.25) is 0 Å². The normalized spacial score (nSPS) is 12.6. The van der Waals surface area contributed by atoms with Crippen LogP contribution in [0.3, 0.4) is 0 Å². The van der Waals surface area contributed by atoms with Gasteiger partial charge in [0, 0.05) is 22.4 Å². The van der Waals surface area contributed by atoms with E-state index in [-0.39, 0.29) is 0 Å². The van der Waals surface area contributed by atoms with Gasteiger partial charge in [-0.05, 0) is 43.0 Å². The molecule has 0 amide bonds. The summed E-state index contributed by atoms with van der Waals surface area (Å²) in [5.74, 6) is 0.779. The van der Waals surface area contributed by atoms with Crippen molar-refractivity contribution in [3.05, 3.63) is 24.3 Å². The molecule has 0 saturated carbocycles.